The number of aliphatic carboxylic acids is 1. The van der Waals surface area contributed by atoms with E-state index in [1.165, 1.54) is 11.8 Å². The lowest BCUT2D eigenvalue weighted by Gasteiger charge is -2.26. The fourth-order valence-electron chi connectivity index (χ4n) is 2.66. The molecule has 0 fully saturated rings. The van der Waals surface area contributed by atoms with Crippen molar-refractivity contribution in [2.24, 2.45) is 17.4 Å². The fourth-order valence-corrected chi connectivity index (χ4v) is 3.29. The van der Waals surface area contributed by atoms with Crippen LogP contribution in [0.25, 0.3) is 0 Å². The Morgan fingerprint density at radius 3 is 1.94 bits per heavy atom. The number of primary amides is 1. The second-order valence-electron chi connectivity index (χ2n) is 7.73. The largest absolute Gasteiger partial charge is 0.480 e. The second kappa shape index (κ2) is 15.8. The lowest BCUT2D eigenvalue weighted by Crippen LogP contribution is -2.57. The minimum atomic E-state index is -1.17. The molecule has 32 heavy (non-hydrogen) atoms. The average Bonchev–Trinajstić information content (AvgIpc) is 2.71. The van der Waals surface area contributed by atoms with E-state index in [1.54, 1.807) is 0 Å². The first kappa shape index (κ1) is 30.0. The highest BCUT2D eigenvalue weighted by Crippen LogP contribution is 2.09. The van der Waals surface area contributed by atoms with Crippen molar-refractivity contribution in [1.29, 1.82) is 0 Å². The van der Waals surface area contributed by atoms with Gasteiger partial charge in [0.2, 0.25) is 23.6 Å². The molecular weight excluding hydrogens is 458 g/mol. The van der Waals surface area contributed by atoms with Gasteiger partial charge in [0, 0.05) is 12.2 Å². The van der Waals surface area contributed by atoms with Crippen molar-refractivity contribution in [2.75, 3.05) is 17.8 Å². The van der Waals surface area contributed by atoms with Crippen LogP contribution in [0.15, 0.2) is 0 Å². The van der Waals surface area contributed by atoms with Crippen LogP contribution in [-0.4, -0.2) is 76.6 Å². The first-order chi connectivity index (χ1) is 14.9. The molecule has 0 aromatic carbocycles. The lowest BCUT2D eigenvalue weighted by atomic mass is 10.0. The van der Waals surface area contributed by atoms with Gasteiger partial charge in [-0.1, -0.05) is 13.8 Å². The van der Waals surface area contributed by atoms with Crippen molar-refractivity contribution in [2.45, 2.75) is 63.7 Å². The van der Waals surface area contributed by atoms with Crippen LogP contribution in [-0.2, 0) is 24.0 Å². The molecule has 0 rings (SSSR count). The van der Waals surface area contributed by atoms with Gasteiger partial charge in [-0.05, 0) is 37.2 Å². The topological polar surface area (TPSA) is 194 Å². The van der Waals surface area contributed by atoms with Gasteiger partial charge in [0.25, 0.3) is 0 Å². The average molecular weight is 494 g/mol. The monoisotopic (exact) mass is 493 g/mol. The van der Waals surface area contributed by atoms with Crippen LogP contribution < -0.4 is 27.4 Å². The molecule has 184 valence electrons. The van der Waals surface area contributed by atoms with Crippen LogP contribution in [0.1, 0.15) is 39.5 Å². The third-order valence-electron chi connectivity index (χ3n) is 4.41. The summed E-state index contributed by atoms with van der Waals surface area (Å²) in [6.45, 7) is 3.68. The molecule has 0 saturated heterocycles. The molecule has 4 atom stereocenters. The Kier molecular flexibility index (Phi) is 14.8. The highest BCUT2D eigenvalue weighted by atomic mass is 32.2. The van der Waals surface area contributed by atoms with E-state index >= 15 is 0 Å². The van der Waals surface area contributed by atoms with Crippen LogP contribution in [0, 0.1) is 5.92 Å². The molecule has 0 bridgehead atoms. The summed E-state index contributed by atoms with van der Waals surface area (Å²) in [6, 6.07) is -4.26. The summed E-state index contributed by atoms with van der Waals surface area (Å²) in [4.78, 5) is 60.4. The molecule has 4 unspecified atom stereocenters. The van der Waals surface area contributed by atoms with Gasteiger partial charge in [0.15, 0.2) is 0 Å². The molecular formula is C19H35N5O6S2. The Morgan fingerprint density at radius 1 is 0.938 bits per heavy atom. The second-order valence-corrected chi connectivity index (χ2v) is 9.08. The summed E-state index contributed by atoms with van der Waals surface area (Å²) in [7, 11) is 0. The Labute approximate surface area is 198 Å². The molecule has 4 amide bonds. The molecule has 0 heterocycles. The number of carboxylic acids is 1. The normalized spacial score (nSPS) is 14.7. The summed E-state index contributed by atoms with van der Waals surface area (Å²) in [5, 5.41) is 16.8. The number of thioether (sulfide) groups is 1. The molecule has 11 nitrogen and oxygen atoms in total. The molecule has 0 aliphatic heterocycles. The van der Waals surface area contributed by atoms with Gasteiger partial charge in [-0.15, -0.1) is 0 Å². The third-order valence-corrected chi connectivity index (χ3v) is 5.45. The van der Waals surface area contributed by atoms with Crippen LogP contribution in [0.3, 0.4) is 0 Å². The van der Waals surface area contributed by atoms with Gasteiger partial charge in [-0.3, -0.25) is 19.2 Å². The maximum absolute atomic E-state index is 12.9. The molecule has 0 aromatic rings. The SMILES string of the molecule is CSCCC(NC(=O)C(CC(C)C)NC(=O)C(CCC(N)=O)NC(=O)C(N)CS)C(=O)O. The van der Waals surface area contributed by atoms with Crippen molar-refractivity contribution >= 4 is 54.0 Å². The highest BCUT2D eigenvalue weighted by Gasteiger charge is 2.30. The Bertz CT molecular complexity index is 664. The van der Waals surface area contributed by atoms with Crippen molar-refractivity contribution < 1.29 is 29.1 Å². The van der Waals surface area contributed by atoms with Gasteiger partial charge in [-0.2, -0.15) is 24.4 Å². The van der Waals surface area contributed by atoms with E-state index in [9.17, 15) is 29.1 Å². The first-order valence-corrected chi connectivity index (χ1v) is 12.2. The standard InChI is InChI=1S/C19H35N5O6S2/c1-10(2)8-14(18(28)23-13(19(29)30)6-7-32-3)24-17(27)12(4-5-15(21)25)22-16(26)11(20)9-31/h10-14,31H,4-9,20H2,1-3H3,(H2,21,25)(H,22,26)(H,23,28)(H,24,27)(H,29,30). The summed E-state index contributed by atoms with van der Waals surface area (Å²) in [5.74, 6) is -3.25. The Balaban J connectivity index is 5.46. The molecule has 0 aliphatic carbocycles. The van der Waals surface area contributed by atoms with Gasteiger partial charge in [0.1, 0.15) is 18.1 Å². The number of carbonyl (C=O) groups excluding carboxylic acids is 4. The van der Waals surface area contributed by atoms with E-state index < -0.39 is 53.8 Å². The number of nitrogens with two attached hydrogens (primary N) is 2. The molecule has 0 radical (unpaired) electrons. The Hall–Kier alpha value is -1.99. The Morgan fingerprint density at radius 2 is 1.47 bits per heavy atom. The van der Waals surface area contributed by atoms with Crippen molar-refractivity contribution in [3.8, 4) is 0 Å². The fraction of sp³-hybridized carbons (Fsp3) is 0.737. The van der Waals surface area contributed by atoms with Gasteiger partial charge >= 0.3 is 5.97 Å². The molecule has 8 N–H and O–H groups in total. The summed E-state index contributed by atoms with van der Waals surface area (Å²) in [6.07, 6.45) is 2.02. The number of carboxylic acid groups (broad SMARTS) is 1. The van der Waals surface area contributed by atoms with Crippen LogP contribution >= 0.6 is 24.4 Å². The van der Waals surface area contributed by atoms with E-state index in [1.807, 2.05) is 20.1 Å². The predicted octanol–water partition coefficient (Wildman–Crippen LogP) is -1.15. The number of hydrogen-bond donors (Lipinski definition) is 7. The minimum Gasteiger partial charge on any atom is -0.480 e. The van der Waals surface area contributed by atoms with Crippen LogP contribution in [0.5, 0.6) is 0 Å². The van der Waals surface area contributed by atoms with E-state index in [-0.39, 0.29) is 37.4 Å². The molecule has 0 aliphatic rings. The zero-order valence-corrected chi connectivity index (χ0v) is 20.3. The minimum absolute atomic E-state index is 0.00297. The van der Waals surface area contributed by atoms with Gasteiger partial charge < -0.3 is 32.5 Å². The summed E-state index contributed by atoms with van der Waals surface area (Å²) >= 11 is 5.39. The van der Waals surface area contributed by atoms with Crippen LogP contribution in [0.2, 0.25) is 0 Å². The third kappa shape index (κ3) is 12.2. The van der Waals surface area contributed by atoms with E-state index in [4.69, 9.17) is 11.5 Å². The number of rotatable bonds is 16. The first-order valence-electron chi connectivity index (χ1n) is 10.2. The van der Waals surface area contributed by atoms with Gasteiger partial charge in [-0.25, -0.2) is 4.79 Å². The molecule has 0 spiro atoms. The number of thiol groups is 1. The summed E-state index contributed by atoms with van der Waals surface area (Å²) < 4.78 is 0. The number of carbonyl (C=O) groups is 5. The van der Waals surface area contributed by atoms with E-state index in [0.29, 0.717) is 5.75 Å². The van der Waals surface area contributed by atoms with E-state index in [0.717, 1.165) is 0 Å². The van der Waals surface area contributed by atoms with Crippen molar-refractivity contribution in [3.05, 3.63) is 0 Å². The lowest BCUT2D eigenvalue weighted by molar-refractivity contribution is -0.142. The van der Waals surface area contributed by atoms with Crippen molar-refractivity contribution in [1.82, 2.24) is 16.0 Å². The highest BCUT2D eigenvalue weighted by molar-refractivity contribution is 7.98. The molecule has 0 aromatic heterocycles. The number of nitrogens with one attached hydrogen (secondary N) is 3. The van der Waals surface area contributed by atoms with Crippen molar-refractivity contribution in [3.63, 3.8) is 0 Å². The molecule has 13 heteroatoms. The maximum atomic E-state index is 12.9. The maximum Gasteiger partial charge on any atom is 0.326 e. The smallest absolute Gasteiger partial charge is 0.326 e. The zero-order valence-electron chi connectivity index (χ0n) is 18.6. The molecule has 0 saturated carbocycles. The van der Waals surface area contributed by atoms with Gasteiger partial charge in [0.05, 0.1) is 6.04 Å². The number of amides is 4. The quantitative estimate of drug-likeness (QED) is 0.131. The van der Waals surface area contributed by atoms with Crippen LogP contribution in [0.4, 0.5) is 0 Å². The van der Waals surface area contributed by atoms with E-state index in [2.05, 4.69) is 28.6 Å². The summed E-state index contributed by atoms with van der Waals surface area (Å²) in [5.41, 5.74) is 10.8. The predicted molar refractivity (Wildman–Crippen MR) is 126 cm³/mol. The number of hydrogen-bond acceptors (Lipinski definition) is 8. The zero-order chi connectivity index (χ0) is 24.8.